The van der Waals surface area contributed by atoms with Gasteiger partial charge in [0.05, 0.1) is 0 Å². The molecular formula is C7H10O2. The Morgan fingerprint density at radius 3 is 1.67 bits per heavy atom. The molecule has 0 saturated carbocycles. The molecular weight excluding hydrogens is 116 g/mol. The summed E-state index contributed by atoms with van der Waals surface area (Å²) in [5.41, 5.74) is 2.43. The first-order valence-corrected chi connectivity index (χ1v) is 2.24. The van der Waals surface area contributed by atoms with E-state index in [0.29, 0.717) is 0 Å². The second-order valence-corrected chi connectivity index (χ2v) is 1.34. The molecule has 0 spiro atoms. The summed E-state index contributed by atoms with van der Waals surface area (Å²) in [6.45, 7) is 10.9. The molecule has 0 saturated heterocycles. The van der Waals surface area contributed by atoms with Crippen LogP contribution in [0.4, 0.5) is 0 Å². The summed E-state index contributed by atoms with van der Waals surface area (Å²) in [7, 11) is 0. The van der Waals surface area contributed by atoms with Gasteiger partial charge in [0.2, 0.25) is 0 Å². The van der Waals surface area contributed by atoms with Crippen molar-refractivity contribution in [2.24, 2.45) is 0 Å². The number of carbonyl (C=O) groups is 1. The molecule has 0 aliphatic heterocycles. The van der Waals surface area contributed by atoms with Gasteiger partial charge in [-0.3, -0.25) is 0 Å². The van der Waals surface area contributed by atoms with Gasteiger partial charge in [-0.15, -0.1) is 5.73 Å². The summed E-state index contributed by atoms with van der Waals surface area (Å²) >= 11 is 0. The van der Waals surface area contributed by atoms with E-state index in [4.69, 9.17) is 5.11 Å². The van der Waals surface area contributed by atoms with Crippen LogP contribution in [0, 0.1) is 0 Å². The molecule has 0 aliphatic rings. The maximum absolute atomic E-state index is 9.60. The van der Waals surface area contributed by atoms with Crippen LogP contribution in [-0.2, 0) is 4.79 Å². The molecule has 0 radical (unpaired) electrons. The van der Waals surface area contributed by atoms with Gasteiger partial charge in [0.25, 0.3) is 0 Å². The average molecular weight is 126 g/mol. The molecule has 0 rings (SSSR count). The molecule has 0 aromatic rings. The summed E-state index contributed by atoms with van der Waals surface area (Å²) in [4.78, 5) is 9.60. The normalized spacial score (nSPS) is 5.89. The van der Waals surface area contributed by atoms with E-state index in [9.17, 15) is 4.79 Å². The lowest BCUT2D eigenvalue weighted by molar-refractivity contribution is -0.132. The zero-order chi connectivity index (χ0) is 7.86. The van der Waals surface area contributed by atoms with E-state index in [1.54, 1.807) is 0 Å². The maximum atomic E-state index is 9.60. The Balaban J connectivity index is 0. The molecule has 50 valence electrons. The summed E-state index contributed by atoms with van der Waals surface area (Å²) < 4.78 is 0. The highest BCUT2D eigenvalue weighted by Gasteiger charge is 1.90. The van der Waals surface area contributed by atoms with Crippen LogP contribution in [0.25, 0.3) is 0 Å². The smallest absolute Gasteiger partial charge is 0.330 e. The van der Waals surface area contributed by atoms with Crippen LogP contribution in [0.1, 0.15) is 6.92 Å². The predicted molar refractivity (Wildman–Crippen MR) is 37.2 cm³/mol. The van der Waals surface area contributed by atoms with Gasteiger partial charge >= 0.3 is 5.97 Å². The van der Waals surface area contributed by atoms with Crippen molar-refractivity contribution in [3.05, 3.63) is 31.0 Å². The van der Waals surface area contributed by atoms with Gasteiger partial charge in [0.15, 0.2) is 0 Å². The molecule has 0 aromatic heterocycles. The topological polar surface area (TPSA) is 37.3 Å². The summed E-state index contributed by atoms with van der Waals surface area (Å²) in [5, 5.41) is 7.89. The summed E-state index contributed by atoms with van der Waals surface area (Å²) in [5.74, 6) is -0.935. The Labute approximate surface area is 54.8 Å². The van der Waals surface area contributed by atoms with Gasteiger partial charge in [0, 0.05) is 5.57 Å². The van der Waals surface area contributed by atoms with Crippen LogP contribution < -0.4 is 0 Å². The van der Waals surface area contributed by atoms with Crippen molar-refractivity contribution in [2.75, 3.05) is 0 Å². The third-order valence-corrected chi connectivity index (χ3v) is 0.365. The lowest BCUT2D eigenvalue weighted by Crippen LogP contribution is -1.92. The first kappa shape index (κ1) is 10.7. The predicted octanol–water partition coefficient (Wildman–Crippen LogP) is 1.60. The van der Waals surface area contributed by atoms with Crippen LogP contribution in [-0.4, -0.2) is 11.1 Å². The zero-order valence-corrected chi connectivity index (χ0v) is 5.48. The van der Waals surface area contributed by atoms with Crippen LogP contribution in [0.5, 0.6) is 0 Å². The molecule has 0 fully saturated rings. The molecule has 0 heterocycles. The Bertz CT molecular complexity index is 127. The number of carboxylic acid groups (broad SMARTS) is 1. The number of carboxylic acids is 1. The summed E-state index contributed by atoms with van der Waals surface area (Å²) in [6.07, 6.45) is 0. The van der Waals surface area contributed by atoms with Gasteiger partial charge in [0.1, 0.15) is 0 Å². The van der Waals surface area contributed by atoms with Crippen LogP contribution in [0.15, 0.2) is 31.0 Å². The standard InChI is InChI=1S/C4H6O2.C3H4/c1-3(2)4(5)6;1-3-2/h1H2,2H3,(H,5,6);1-2H2. The first-order chi connectivity index (χ1) is 4.06. The second kappa shape index (κ2) is 6.73. The van der Waals surface area contributed by atoms with Crippen molar-refractivity contribution in [3.63, 3.8) is 0 Å². The minimum Gasteiger partial charge on any atom is -0.478 e. The average Bonchev–Trinajstić information content (AvgIpc) is 1.68. The minimum absolute atomic E-state index is 0.176. The van der Waals surface area contributed by atoms with Crippen molar-refractivity contribution >= 4 is 5.97 Å². The molecule has 2 heteroatoms. The SMILES string of the molecule is C=C(C)C(=O)O.C=C=C. The van der Waals surface area contributed by atoms with Crippen LogP contribution in [0.3, 0.4) is 0 Å². The van der Waals surface area contributed by atoms with E-state index in [-0.39, 0.29) is 5.57 Å². The highest BCUT2D eigenvalue weighted by molar-refractivity contribution is 5.84. The lowest BCUT2D eigenvalue weighted by atomic mass is 10.4. The Morgan fingerprint density at radius 1 is 1.56 bits per heavy atom. The second-order valence-electron chi connectivity index (χ2n) is 1.34. The van der Waals surface area contributed by atoms with Gasteiger partial charge in [-0.25, -0.2) is 4.79 Å². The number of rotatable bonds is 1. The van der Waals surface area contributed by atoms with E-state index in [2.05, 4.69) is 25.5 Å². The van der Waals surface area contributed by atoms with E-state index in [0.717, 1.165) is 0 Å². The molecule has 0 amide bonds. The molecule has 2 nitrogen and oxygen atoms in total. The fourth-order valence-electron chi connectivity index (χ4n) is 0. The van der Waals surface area contributed by atoms with E-state index >= 15 is 0 Å². The van der Waals surface area contributed by atoms with Crippen LogP contribution >= 0.6 is 0 Å². The number of hydrogen-bond donors (Lipinski definition) is 1. The highest BCUT2D eigenvalue weighted by Crippen LogP contribution is 1.81. The van der Waals surface area contributed by atoms with Crippen molar-refractivity contribution in [2.45, 2.75) is 6.92 Å². The monoisotopic (exact) mass is 126 g/mol. The highest BCUT2D eigenvalue weighted by atomic mass is 16.4. The molecule has 0 aliphatic carbocycles. The molecule has 0 bridgehead atoms. The van der Waals surface area contributed by atoms with Gasteiger partial charge in [-0.1, -0.05) is 19.7 Å². The van der Waals surface area contributed by atoms with Gasteiger partial charge < -0.3 is 5.11 Å². The fraction of sp³-hybridized carbons (Fsp3) is 0.143. The molecule has 9 heavy (non-hydrogen) atoms. The quantitative estimate of drug-likeness (QED) is 0.428. The van der Waals surface area contributed by atoms with Crippen LogP contribution in [0.2, 0.25) is 0 Å². The zero-order valence-electron chi connectivity index (χ0n) is 5.48. The van der Waals surface area contributed by atoms with Crippen molar-refractivity contribution < 1.29 is 9.90 Å². The van der Waals surface area contributed by atoms with E-state index in [1.807, 2.05) is 0 Å². The summed E-state index contributed by atoms with van der Waals surface area (Å²) in [6, 6.07) is 0. The molecule has 0 aromatic carbocycles. The van der Waals surface area contributed by atoms with Crippen molar-refractivity contribution in [3.8, 4) is 0 Å². The molecule has 0 unspecified atom stereocenters. The van der Waals surface area contributed by atoms with Crippen molar-refractivity contribution in [1.82, 2.24) is 0 Å². The Hall–Kier alpha value is -1.27. The lowest BCUT2D eigenvalue weighted by Gasteiger charge is -1.79. The third-order valence-electron chi connectivity index (χ3n) is 0.365. The fourth-order valence-corrected chi connectivity index (χ4v) is 0. The van der Waals surface area contributed by atoms with Crippen molar-refractivity contribution in [1.29, 1.82) is 0 Å². The Morgan fingerprint density at radius 2 is 1.67 bits per heavy atom. The first-order valence-electron chi connectivity index (χ1n) is 2.24. The molecule has 0 atom stereocenters. The third kappa shape index (κ3) is 20.2. The Kier molecular flexibility index (Phi) is 7.97. The number of hydrogen-bond acceptors (Lipinski definition) is 1. The van der Waals surface area contributed by atoms with E-state index < -0.39 is 5.97 Å². The van der Waals surface area contributed by atoms with Gasteiger partial charge in [-0.2, -0.15) is 0 Å². The minimum atomic E-state index is -0.935. The van der Waals surface area contributed by atoms with Gasteiger partial charge in [-0.05, 0) is 6.92 Å². The number of aliphatic carboxylic acids is 1. The molecule has 1 N–H and O–H groups in total. The maximum Gasteiger partial charge on any atom is 0.330 e. The largest absolute Gasteiger partial charge is 0.478 e. The van der Waals surface area contributed by atoms with E-state index in [1.165, 1.54) is 6.92 Å².